The Morgan fingerprint density at radius 3 is 2.48 bits per heavy atom. The summed E-state index contributed by atoms with van der Waals surface area (Å²) in [6.45, 7) is 3.58. The van der Waals surface area contributed by atoms with Gasteiger partial charge in [-0.1, -0.05) is 31.4 Å². The van der Waals surface area contributed by atoms with Crippen LogP contribution >= 0.6 is 0 Å². The molecule has 1 fully saturated rings. The van der Waals surface area contributed by atoms with E-state index in [0.29, 0.717) is 11.5 Å². The normalized spacial score (nSPS) is 20.1. The molecule has 1 aromatic rings. The van der Waals surface area contributed by atoms with Crippen LogP contribution in [-0.4, -0.2) is 19.6 Å². The number of hydrogen-bond acceptors (Lipinski definition) is 3. The van der Waals surface area contributed by atoms with Crippen molar-refractivity contribution in [2.45, 2.75) is 63.0 Å². The lowest BCUT2D eigenvalue weighted by Gasteiger charge is -2.28. The van der Waals surface area contributed by atoms with Crippen LogP contribution in [0.25, 0.3) is 0 Å². The summed E-state index contributed by atoms with van der Waals surface area (Å²) in [5.74, 6) is 0.425. The van der Waals surface area contributed by atoms with E-state index in [9.17, 15) is 13.5 Å². The van der Waals surface area contributed by atoms with Crippen molar-refractivity contribution in [3.05, 3.63) is 29.8 Å². The minimum atomic E-state index is -3.53. The Kier molecular flexibility index (Phi) is 5.41. The lowest BCUT2D eigenvalue weighted by Crippen LogP contribution is -2.38. The fourth-order valence-corrected chi connectivity index (χ4v) is 4.35. The summed E-state index contributed by atoms with van der Waals surface area (Å²) >= 11 is 0. The molecule has 21 heavy (non-hydrogen) atoms. The van der Waals surface area contributed by atoms with Gasteiger partial charge in [0.2, 0.25) is 10.0 Å². The van der Waals surface area contributed by atoms with E-state index in [1.165, 1.54) is 19.3 Å². The molecule has 0 radical (unpaired) electrons. The van der Waals surface area contributed by atoms with Gasteiger partial charge in [0.05, 0.1) is 11.0 Å². The van der Waals surface area contributed by atoms with Crippen LogP contribution in [0.5, 0.6) is 0 Å². The first-order chi connectivity index (χ1) is 9.90. The number of sulfonamides is 1. The van der Waals surface area contributed by atoms with Gasteiger partial charge in [-0.25, -0.2) is 13.1 Å². The van der Waals surface area contributed by atoms with Crippen molar-refractivity contribution in [2.75, 3.05) is 0 Å². The quantitative estimate of drug-likeness (QED) is 0.878. The van der Waals surface area contributed by atoms with E-state index >= 15 is 0 Å². The minimum Gasteiger partial charge on any atom is -0.389 e. The highest BCUT2D eigenvalue weighted by Crippen LogP contribution is 2.27. The van der Waals surface area contributed by atoms with E-state index < -0.39 is 16.1 Å². The number of rotatable bonds is 5. The van der Waals surface area contributed by atoms with Crippen LogP contribution in [-0.2, 0) is 10.0 Å². The van der Waals surface area contributed by atoms with E-state index in [-0.39, 0.29) is 10.9 Å². The maximum atomic E-state index is 12.5. The second kappa shape index (κ2) is 6.90. The second-order valence-corrected chi connectivity index (χ2v) is 7.77. The molecular weight excluding hydrogens is 286 g/mol. The Morgan fingerprint density at radius 2 is 1.86 bits per heavy atom. The molecule has 4 nitrogen and oxygen atoms in total. The zero-order chi connectivity index (χ0) is 15.5. The molecule has 1 aliphatic carbocycles. The number of hydrogen-bond donors (Lipinski definition) is 2. The van der Waals surface area contributed by atoms with E-state index in [2.05, 4.69) is 4.72 Å². The molecule has 0 heterocycles. The summed E-state index contributed by atoms with van der Waals surface area (Å²) in [7, 11) is -3.53. The molecule has 2 rings (SSSR count). The Hall–Kier alpha value is -0.910. The van der Waals surface area contributed by atoms with Crippen molar-refractivity contribution in [3.8, 4) is 0 Å². The summed E-state index contributed by atoms with van der Waals surface area (Å²) in [5, 5.41) is 9.58. The van der Waals surface area contributed by atoms with Crippen LogP contribution in [0, 0.1) is 5.92 Å². The molecule has 1 aliphatic rings. The fraction of sp³-hybridized carbons (Fsp3) is 0.625. The van der Waals surface area contributed by atoms with Crippen molar-refractivity contribution in [1.82, 2.24) is 4.72 Å². The summed E-state index contributed by atoms with van der Waals surface area (Å²) in [6, 6.07) is 6.46. The number of benzene rings is 1. The molecule has 0 aliphatic heterocycles. The van der Waals surface area contributed by atoms with Crippen LogP contribution in [0.2, 0.25) is 0 Å². The lowest BCUT2D eigenvalue weighted by molar-refractivity contribution is 0.199. The maximum absolute atomic E-state index is 12.5. The largest absolute Gasteiger partial charge is 0.389 e. The first-order valence-corrected chi connectivity index (χ1v) is 9.19. The Morgan fingerprint density at radius 1 is 1.19 bits per heavy atom. The summed E-state index contributed by atoms with van der Waals surface area (Å²) < 4.78 is 27.7. The Balaban J connectivity index is 2.12. The maximum Gasteiger partial charge on any atom is 0.240 e. The smallest absolute Gasteiger partial charge is 0.240 e. The van der Waals surface area contributed by atoms with Gasteiger partial charge in [0.1, 0.15) is 0 Å². The van der Waals surface area contributed by atoms with Crippen LogP contribution in [0.1, 0.15) is 57.6 Å². The van der Waals surface area contributed by atoms with Crippen LogP contribution in [0.3, 0.4) is 0 Å². The summed E-state index contributed by atoms with van der Waals surface area (Å²) in [6.07, 6.45) is 5.15. The van der Waals surface area contributed by atoms with E-state index in [1.807, 2.05) is 6.92 Å². The molecule has 5 heteroatoms. The van der Waals surface area contributed by atoms with Crippen LogP contribution in [0.15, 0.2) is 29.2 Å². The minimum absolute atomic E-state index is 0.0505. The van der Waals surface area contributed by atoms with Gasteiger partial charge in [-0.15, -0.1) is 0 Å². The van der Waals surface area contributed by atoms with Crippen molar-refractivity contribution in [1.29, 1.82) is 0 Å². The number of nitrogens with one attached hydrogen (secondary N) is 1. The highest BCUT2D eigenvalue weighted by Gasteiger charge is 2.25. The van der Waals surface area contributed by atoms with Crippen molar-refractivity contribution >= 4 is 10.0 Å². The molecule has 1 aromatic carbocycles. The predicted molar refractivity (Wildman–Crippen MR) is 83.4 cm³/mol. The van der Waals surface area contributed by atoms with Crippen molar-refractivity contribution < 1.29 is 13.5 Å². The number of aliphatic hydroxyl groups excluding tert-OH is 1. The molecule has 1 saturated carbocycles. The third kappa shape index (κ3) is 4.28. The molecule has 118 valence electrons. The molecule has 0 saturated heterocycles. The first-order valence-electron chi connectivity index (χ1n) is 7.70. The molecular formula is C16H25NO3S. The summed E-state index contributed by atoms with van der Waals surface area (Å²) in [4.78, 5) is 0.226. The van der Waals surface area contributed by atoms with Gasteiger partial charge in [-0.2, -0.15) is 0 Å². The standard InChI is InChI=1S/C16H25NO3S/c1-12(14-7-4-3-5-8-14)17-21(19,20)16-10-6-9-15(11-16)13(2)18/h6,9-14,17-18H,3-5,7-8H2,1-2H3. The first kappa shape index (κ1) is 16.5. The molecule has 2 atom stereocenters. The van der Waals surface area contributed by atoms with E-state index in [4.69, 9.17) is 0 Å². The molecule has 0 spiro atoms. The van der Waals surface area contributed by atoms with Gasteiger partial charge >= 0.3 is 0 Å². The average Bonchev–Trinajstić information content (AvgIpc) is 2.48. The van der Waals surface area contributed by atoms with Gasteiger partial charge in [0.15, 0.2) is 0 Å². The Bertz CT molecular complexity index is 563. The molecule has 0 aromatic heterocycles. The van der Waals surface area contributed by atoms with Crippen molar-refractivity contribution in [2.24, 2.45) is 5.92 Å². The third-order valence-electron chi connectivity index (χ3n) is 4.35. The van der Waals surface area contributed by atoms with E-state index in [1.54, 1.807) is 31.2 Å². The SMILES string of the molecule is CC(O)c1cccc(S(=O)(=O)NC(C)C2CCCCC2)c1. The number of aliphatic hydroxyl groups is 1. The lowest BCUT2D eigenvalue weighted by atomic mass is 9.85. The van der Waals surface area contributed by atoms with E-state index in [0.717, 1.165) is 12.8 Å². The monoisotopic (exact) mass is 311 g/mol. The van der Waals surface area contributed by atoms with Crippen LogP contribution < -0.4 is 4.72 Å². The van der Waals surface area contributed by atoms with Gasteiger partial charge in [0, 0.05) is 6.04 Å². The predicted octanol–water partition coefficient (Wildman–Crippen LogP) is 2.99. The highest BCUT2D eigenvalue weighted by atomic mass is 32.2. The fourth-order valence-electron chi connectivity index (χ4n) is 2.98. The molecule has 0 bridgehead atoms. The molecule has 2 N–H and O–H groups in total. The summed E-state index contributed by atoms with van der Waals surface area (Å²) in [5.41, 5.74) is 0.614. The van der Waals surface area contributed by atoms with Crippen molar-refractivity contribution in [3.63, 3.8) is 0 Å². The van der Waals surface area contributed by atoms with Gasteiger partial charge in [-0.3, -0.25) is 0 Å². The second-order valence-electron chi connectivity index (χ2n) is 6.06. The molecule has 0 amide bonds. The zero-order valence-electron chi connectivity index (χ0n) is 12.7. The third-order valence-corrected chi connectivity index (χ3v) is 5.91. The van der Waals surface area contributed by atoms with Gasteiger partial charge in [-0.05, 0) is 50.3 Å². The zero-order valence-corrected chi connectivity index (χ0v) is 13.6. The topological polar surface area (TPSA) is 66.4 Å². The van der Waals surface area contributed by atoms with Crippen LogP contribution in [0.4, 0.5) is 0 Å². The molecule has 2 unspecified atom stereocenters. The van der Waals surface area contributed by atoms with Gasteiger partial charge in [0.25, 0.3) is 0 Å². The Labute approximate surface area is 127 Å². The highest BCUT2D eigenvalue weighted by molar-refractivity contribution is 7.89. The average molecular weight is 311 g/mol. The van der Waals surface area contributed by atoms with Gasteiger partial charge < -0.3 is 5.11 Å².